The Morgan fingerprint density at radius 2 is 1.06 bits per heavy atom. The number of hydrogen-bond acceptors (Lipinski definition) is 10. The lowest BCUT2D eigenvalue weighted by Gasteiger charge is -2.05. The molecule has 0 saturated heterocycles. The van der Waals surface area contributed by atoms with Gasteiger partial charge in [0.25, 0.3) is 11.4 Å². The Morgan fingerprint density at radius 1 is 0.686 bits per heavy atom. The fourth-order valence-electron chi connectivity index (χ4n) is 1.84. The number of ether oxygens (including phenoxy) is 3. The third-order valence-corrected chi connectivity index (χ3v) is 3.29. The van der Waals surface area contributed by atoms with E-state index in [-0.39, 0.29) is 53.6 Å². The third kappa shape index (κ3) is 20.0. The van der Waals surface area contributed by atoms with Gasteiger partial charge >= 0.3 is 0 Å². The van der Waals surface area contributed by atoms with Crippen LogP contribution in [0.15, 0.2) is 48.5 Å². The van der Waals surface area contributed by atoms with Crippen molar-refractivity contribution in [1.29, 1.82) is 0 Å². The normalized spacial score (nSPS) is 9.14. The van der Waals surface area contributed by atoms with E-state index in [4.69, 9.17) is 24.8 Å². The van der Waals surface area contributed by atoms with Crippen molar-refractivity contribution >= 4 is 19.8 Å². The summed E-state index contributed by atoms with van der Waals surface area (Å²) in [4.78, 5) is 19.3. The minimum atomic E-state index is -0.570. The van der Waals surface area contributed by atoms with Crippen LogP contribution in [0.3, 0.4) is 0 Å². The number of benzene rings is 2. The predicted molar refractivity (Wildman–Crippen MR) is 132 cm³/mol. The van der Waals surface area contributed by atoms with E-state index in [1.807, 2.05) is 0 Å². The molecule has 0 bridgehead atoms. The highest BCUT2D eigenvalue weighted by Gasteiger charge is 2.04. The van der Waals surface area contributed by atoms with Crippen molar-refractivity contribution in [3.8, 4) is 5.75 Å². The van der Waals surface area contributed by atoms with Gasteiger partial charge in [0, 0.05) is 24.3 Å². The summed E-state index contributed by atoms with van der Waals surface area (Å²) in [5, 5.41) is 45.0. The van der Waals surface area contributed by atoms with Crippen molar-refractivity contribution in [3.63, 3.8) is 0 Å². The molecule has 0 aliphatic heterocycles. The Morgan fingerprint density at radius 3 is 1.43 bits per heavy atom. The van der Waals surface area contributed by atoms with Crippen LogP contribution in [0, 0.1) is 33.5 Å². The van der Waals surface area contributed by atoms with E-state index in [2.05, 4.69) is 4.74 Å². The summed E-state index contributed by atoms with van der Waals surface area (Å²) >= 11 is 0. The average Bonchev–Trinajstić information content (AvgIpc) is 2.81. The Hall–Kier alpha value is -3.17. The first-order valence-corrected chi connectivity index (χ1v) is 9.61. The van der Waals surface area contributed by atoms with Gasteiger partial charge in [-0.25, -0.2) is 4.39 Å². The Bertz CT molecular complexity index is 779. The lowest BCUT2D eigenvalue weighted by molar-refractivity contribution is -0.385. The average molecular weight is 504 g/mol. The van der Waals surface area contributed by atoms with Crippen LogP contribution in [0.1, 0.15) is 0 Å². The maximum Gasteiger partial charge on any atom is 0.269 e. The molecule has 2 aromatic carbocycles. The summed E-state index contributed by atoms with van der Waals surface area (Å²) in [6.45, 7) is 1.68. The molecule has 0 radical (unpaired) electrons. The van der Waals surface area contributed by atoms with Crippen LogP contribution in [0.25, 0.3) is 0 Å². The van der Waals surface area contributed by atoms with Crippen LogP contribution in [-0.2, 0) is 9.47 Å². The predicted octanol–water partition coefficient (Wildman–Crippen LogP) is 0.703. The summed E-state index contributed by atoms with van der Waals surface area (Å²) in [5.41, 5.74) is -0.0646. The SMILES string of the molecule is O=[N+]([O-])c1ccc(F)cc1.O=[N+]([O-])c1ccc(OCCOCCO)cc1.OCCOCCO.[BH4-].[CH3-]. The van der Waals surface area contributed by atoms with Gasteiger partial charge in [0.1, 0.15) is 18.2 Å². The van der Waals surface area contributed by atoms with Crippen LogP contribution in [0.4, 0.5) is 15.8 Å². The van der Waals surface area contributed by atoms with Crippen molar-refractivity contribution in [2.24, 2.45) is 0 Å². The van der Waals surface area contributed by atoms with Crippen molar-refractivity contribution < 1.29 is 43.8 Å². The molecular weight excluding hydrogens is 470 g/mol. The van der Waals surface area contributed by atoms with Gasteiger partial charge in [0.05, 0.1) is 56.1 Å². The third-order valence-electron chi connectivity index (χ3n) is 3.29. The number of rotatable bonds is 12. The molecule has 0 atom stereocenters. The molecular formula is C21H34BFN2O10-2. The molecule has 12 nitrogen and oxygen atoms in total. The number of aliphatic hydroxyl groups excluding tert-OH is 3. The topological polar surface area (TPSA) is 175 Å². The molecule has 2 aromatic rings. The lowest BCUT2D eigenvalue weighted by Crippen LogP contribution is -2.09. The zero-order chi connectivity index (χ0) is 24.9. The maximum absolute atomic E-state index is 12.1. The largest absolute Gasteiger partial charge is 0.491 e. The number of nitro benzene ring substituents is 2. The Kier molecular flexibility index (Phi) is 24.9. The molecule has 0 unspecified atom stereocenters. The fourth-order valence-corrected chi connectivity index (χ4v) is 1.84. The summed E-state index contributed by atoms with van der Waals surface area (Å²) in [7, 11) is 0. The zero-order valence-electron chi connectivity index (χ0n) is 18.7. The number of hydrogen-bond donors (Lipinski definition) is 3. The van der Waals surface area contributed by atoms with Crippen molar-refractivity contribution in [2.45, 2.75) is 0 Å². The fraction of sp³-hybridized carbons (Fsp3) is 0.381. The van der Waals surface area contributed by atoms with E-state index >= 15 is 0 Å². The summed E-state index contributed by atoms with van der Waals surface area (Å²) in [6, 6.07) is 10.2. The van der Waals surface area contributed by atoms with E-state index in [9.17, 15) is 24.6 Å². The molecule has 14 heteroatoms. The van der Waals surface area contributed by atoms with Crippen LogP contribution < -0.4 is 4.74 Å². The van der Waals surface area contributed by atoms with Gasteiger partial charge in [-0.3, -0.25) is 20.2 Å². The molecule has 0 saturated carbocycles. The standard InChI is InChI=1S/C10H13NO5.C6H4FNO2.C4H10O3.CH3.BH4/c12-5-6-15-7-8-16-10-3-1-9(2-4-10)11(13)14;7-5-1-3-6(4-2-5)8(9)10;5-1-3-7-4-2-6;;/h1-4,12H,5-8H2;1-4H;5-6H,1-4H2;1H3;1H4/q;;;2*-1. The molecule has 0 aliphatic rings. The summed E-state index contributed by atoms with van der Waals surface area (Å²) < 4.78 is 27.0. The van der Waals surface area contributed by atoms with E-state index < -0.39 is 15.7 Å². The van der Waals surface area contributed by atoms with Crippen LogP contribution in [0.2, 0.25) is 0 Å². The molecule has 0 spiro atoms. The molecule has 2 rings (SSSR count). The molecule has 0 amide bonds. The molecule has 0 fully saturated rings. The second kappa shape index (κ2) is 24.0. The molecule has 200 valence electrons. The van der Waals surface area contributed by atoms with Crippen molar-refractivity contribution in [1.82, 2.24) is 0 Å². The van der Waals surface area contributed by atoms with Gasteiger partial charge in [0.15, 0.2) is 0 Å². The van der Waals surface area contributed by atoms with Gasteiger partial charge < -0.3 is 37.0 Å². The van der Waals surface area contributed by atoms with Gasteiger partial charge in [-0.05, 0) is 24.3 Å². The highest BCUT2D eigenvalue weighted by atomic mass is 19.1. The van der Waals surface area contributed by atoms with E-state index in [0.717, 1.165) is 24.3 Å². The van der Waals surface area contributed by atoms with Crippen LogP contribution >= 0.6 is 0 Å². The summed E-state index contributed by atoms with van der Waals surface area (Å²) in [6.07, 6.45) is 0. The number of nitrogens with zero attached hydrogens (tertiary/aromatic N) is 2. The van der Waals surface area contributed by atoms with Gasteiger partial charge in [-0.1, -0.05) is 8.41 Å². The summed E-state index contributed by atoms with van der Waals surface area (Å²) in [5.74, 6) is 0.0869. The first-order valence-electron chi connectivity index (χ1n) is 9.61. The first-order chi connectivity index (χ1) is 15.8. The molecule has 0 aliphatic carbocycles. The van der Waals surface area contributed by atoms with E-state index in [1.165, 1.54) is 24.3 Å². The second-order valence-electron chi connectivity index (χ2n) is 5.73. The van der Waals surface area contributed by atoms with Crippen molar-refractivity contribution in [2.75, 3.05) is 52.9 Å². The molecule has 3 N–H and O–H groups in total. The first kappa shape index (κ1) is 36.4. The second-order valence-corrected chi connectivity index (χ2v) is 5.73. The Labute approximate surface area is 204 Å². The van der Waals surface area contributed by atoms with Gasteiger partial charge in [-0.15, -0.1) is 0 Å². The van der Waals surface area contributed by atoms with Crippen LogP contribution in [-0.4, -0.2) is 86.4 Å². The minimum Gasteiger partial charge on any atom is -0.491 e. The smallest absolute Gasteiger partial charge is 0.269 e. The highest BCUT2D eigenvalue weighted by molar-refractivity contribution is 5.75. The quantitative estimate of drug-likeness (QED) is 0.123. The zero-order valence-corrected chi connectivity index (χ0v) is 18.7. The van der Waals surface area contributed by atoms with Gasteiger partial charge in [-0.2, -0.15) is 0 Å². The van der Waals surface area contributed by atoms with E-state index in [0.29, 0.717) is 32.2 Å². The Balaban J connectivity index is -0.000000466. The number of nitro groups is 2. The molecule has 0 heterocycles. The highest BCUT2D eigenvalue weighted by Crippen LogP contribution is 2.17. The van der Waals surface area contributed by atoms with Crippen molar-refractivity contribution in [3.05, 3.63) is 82.0 Å². The minimum absolute atomic E-state index is 0. The van der Waals surface area contributed by atoms with Gasteiger partial charge in [0.2, 0.25) is 0 Å². The van der Waals surface area contributed by atoms with Crippen LogP contribution in [0.5, 0.6) is 5.75 Å². The number of non-ortho nitro benzene ring substituents is 2. The maximum atomic E-state index is 12.1. The monoisotopic (exact) mass is 504 g/mol. The molecule has 35 heavy (non-hydrogen) atoms. The number of halogens is 1. The van der Waals surface area contributed by atoms with E-state index in [1.54, 1.807) is 0 Å². The number of aliphatic hydroxyl groups is 3. The lowest BCUT2D eigenvalue weighted by atomic mass is 10.3. The molecule has 0 aromatic heterocycles.